The van der Waals surface area contributed by atoms with E-state index in [0.717, 1.165) is 17.1 Å². The third-order valence-corrected chi connectivity index (χ3v) is 8.19. The molecule has 1 aromatic heterocycles. The smallest absolute Gasteiger partial charge is 0.0914 e. The van der Waals surface area contributed by atoms with Crippen molar-refractivity contribution in [3.63, 3.8) is 0 Å². The first kappa shape index (κ1) is 16.2. The van der Waals surface area contributed by atoms with Gasteiger partial charge in [0.05, 0.1) is 20.3 Å². The van der Waals surface area contributed by atoms with Gasteiger partial charge in [-0.2, -0.15) is 0 Å². The molecule has 4 heteroatoms. The van der Waals surface area contributed by atoms with Gasteiger partial charge in [0, 0.05) is 6.04 Å². The molecule has 1 aliphatic rings. The van der Waals surface area contributed by atoms with Crippen LogP contribution in [0.25, 0.3) is 0 Å². The molecule has 1 saturated carbocycles. The molecule has 4 unspecified atom stereocenters. The summed E-state index contributed by atoms with van der Waals surface area (Å²) in [7, 11) is 1.14. The van der Waals surface area contributed by atoms with Gasteiger partial charge in [0.2, 0.25) is 0 Å². The van der Waals surface area contributed by atoms with E-state index in [9.17, 15) is 4.21 Å². The zero-order chi connectivity index (χ0) is 14.8. The van der Waals surface area contributed by atoms with Gasteiger partial charge in [0.1, 0.15) is 0 Å². The topological polar surface area (TPSA) is 29.1 Å². The van der Waals surface area contributed by atoms with Gasteiger partial charge in [0.15, 0.2) is 0 Å². The predicted molar refractivity (Wildman–Crippen MR) is 88.8 cm³/mol. The third kappa shape index (κ3) is 3.34. The van der Waals surface area contributed by atoms with Crippen molar-refractivity contribution < 1.29 is 4.21 Å². The standard InChI is InChI=1S/C16H27NOS2/c1-5-16(2,3)12-8-9-13(17-4)14(11-12)20(18)15-7-6-10-19-15/h6-7,10,12-14,17H,5,8-9,11H2,1-4H3. The van der Waals surface area contributed by atoms with E-state index < -0.39 is 10.8 Å². The summed E-state index contributed by atoms with van der Waals surface area (Å²) >= 11 is 1.62. The van der Waals surface area contributed by atoms with Gasteiger partial charge < -0.3 is 5.32 Å². The molecule has 1 heterocycles. The van der Waals surface area contributed by atoms with Crippen LogP contribution in [0.3, 0.4) is 0 Å². The fraction of sp³-hybridized carbons (Fsp3) is 0.750. The van der Waals surface area contributed by atoms with Crippen LogP contribution in [0.1, 0.15) is 46.5 Å². The zero-order valence-corrected chi connectivity index (χ0v) is 14.7. The summed E-state index contributed by atoms with van der Waals surface area (Å²) in [6, 6.07) is 4.41. The Labute approximate surface area is 129 Å². The highest BCUT2D eigenvalue weighted by atomic mass is 32.2. The Morgan fingerprint density at radius 3 is 2.75 bits per heavy atom. The largest absolute Gasteiger partial charge is 0.316 e. The quantitative estimate of drug-likeness (QED) is 0.888. The van der Waals surface area contributed by atoms with Gasteiger partial charge in [-0.3, -0.25) is 4.21 Å². The Morgan fingerprint density at radius 2 is 2.20 bits per heavy atom. The maximum absolute atomic E-state index is 12.9. The molecule has 0 aliphatic heterocycles. The molecule has 20 heavy (non-hydrogen) atoms. The van der Waals surface area contributed by atoms with E-state index >= 15 is 0 Å². The Bertz CT molecular complexity index is 441. The van der Waals surface area contributed by atoms with Crippen molar-refractivity contribution in [2.24, 2.45) is 11.3 Å². The van der Waals surface area contributed by atoms with E-state index in [1.807, 2.05) is 24.6 Å². The molecule has 1 aliphatic carbocycles. The molecule has 1 aromatic rings. The van der Waals surface area contributed by atoms with E-state index in [4.69, 9.17) is 0 Å². The second kappa shape index (κ2) is 6.71. The predicted octanol–water partition coefficient (Wildman–Crippen LogP) is 4.05. The van der Waals surface area contributed by atoms with Crippen LogP contribution in [-0.4, -0.2) is 22.5 Å². The molecule has 2 nitrogen and oxygen atoms in total. The van der Waals surface area contributed by atoms with Crippen LogP contribution in [0.15, 0.2) is 21.7 Å². The van der Waals surface area contributed by atoms with E-state index in [2.05, 4.69) is 26.1 Å². The minimum absolute atomic E-state index is 0.253. The average Bonchev–Trinajstić information content (AvgIpc) is 3.00. The van der Waals surface area contributed by atoms with Crippen LogP contribution in [0.2, 0.25) is 0 Å². The first-order valence-corrected chi connectivity index (χ1v) is 9.70. The SMILES string of the molecule is CCC(C)(C)C1CCC(NC)C(S(=O)c2cccs2)C1. The highest BCUT2D eigenvalue weighted by Gasteiger charge is 2.39. The van der Waals surface area contributed by atoms with Gasteiger partial charge >= 0.3 is 0 Å². The van der Waals surface area contributed by atoms with Crippen LogP contribution in [-0.2, 0) is 10.8 Å². The lowest BCUT2D eigenvalue weighted by Crippen LogP contribution is -2.47. The summed E-state index contributed by atoms with van der Waals surface area (Å²) in [6.45, 7) is 7.00. The van der Waals surface area contributed by atoms with Crippen molar-refractivity contribution in [1.82, 2.24) is 5.32 Å². The van der Waals surface area contributed by atoms with Crippen molar-refractivity contribution in [3.05, 3.63) is 17.5 Å². The van der Waals surface area contributed by atoms with Gasteiger partial charge in [0.25, 0.3) is 0 Å². The molecule has 0 amide bonds. The molecule has 1 fully saturated rings. The van der Waals surface area contributed by atoms with Crippen LogP contribution >= 0.6 is 11.3 Å². The van der Waals surface area contributed by atoms with Crippen molar-refractivity contribution in [1.29, 1.82) is 0 Å². The molecule has 0 bridgehead atoms. The highest BCUT2D eigenvalue weighted by molar-refractivity contribution is 7.88. The summed E-state index contributed by atoms with van der Waals surface area (Å²) < 4.78 is 13.9. The first-order valence-electron chi connectivity index (χ1n) is 7.61. The molecule has 0 spiro atoms. The number of nitrogens with one attached hydrogen (secondary N) is 1. The summed E-state index contributed by atoms with van der Waals surface area (Å²) in [5.41, 5.74) is 0.358. The fourth-order valence-electron chi connectivity index (χ4n) is 3.22. The van der Waals surface area contributed by atoms with Crippen LogP contribution in [0, 0.1) is 11.3 Å². The summed E-state index contributed by atoms with van der Waals surface area (Å²) in [5.74, 6) is 0.686. The van der Waals surface area contributed by atoms with E-state index in [-0.39, 0.29) is 5.25 Å². The normalized spacial score (nSPS) is 29.3. The van der Waals surface area contributed by atoms with Crippen molar-refractivity contribution in [3.8, 4) is 0 Å². The lowest BCUT2D eigenvalue weighted by molar-refractivity contribution is 0.142. The van der Waals surface area contributed by atoms with Crippen molar-refractivity contribution in [2.75, 3.05) is 7.05 Å². The van der Waals surface area contributed by atoms with Gasteiger partial charge in [-0.1, -0.05) is 33.3 Å². The first-order chi connectivity index (χ1) is 9.49. The van der Waals surface area contributed by atoms with Gasteiger partial charge in [-0.15, -0.1) is 11.3 Å². The molecule has 1 N–H and O–H groups in total. The molecule has 0 saturated heterocycles. The molecule has 0 aromatic carbocycles. The lowest BCUT2D eigenvalue weighted by Gasteiger charge is -2.42. The Morgan fingerprint density at radius 1 is 1.45 bits per heavy atom. The Kier molecular flexibility index (Phi) is 5.43. The second-order valence-corrected chi connectivity index (χ2v) is 9.36. The zero-order valence-electron chi connectivity index (χ0n) is 13.0. The summed E-state index contributed by atoms with van der Waals surface area (Å²) in [6.07, 6.45) is 4.67. The number of hydrogen-bond donors (Lipinski definition) is 1. The molecule has 4 atom stereocenters. The monoisotopic (exact) mass is 313 g/mol. The molecular weight excluding hydrogens is 286 g/mol. The van der Waals surface area contributed by atoms with Gasteiger partial charge in [-0.05, 0) is 49.1 Å². The van der Waals surface area contributed by atoms with Crippen LogP contribution < -0.4 is 5.32 Å². The van der Waals surface area contributed by atoms with Gasteiger partial charge in [-0.25, -0.2) is 0 Å². The fourth-order valence-corrected chi connectivity index (χ4v) is 6.08. The number of rotatable bonds is 5. The maximum Gasteiger partial charge on any atom is 0.0914 e. The van der Waals surface area contributed by atoms with Crippen LogP contribution in [0.5, 0.6) is 0 Å². The summed E-state index contributed by atoms with van der Waals surface area (Å²) in [4.78, 5) is 0. The van der Waals surface area contributed by atoms with Crippen molar-refractivity contribution >= 4 is 22.1 Å². The lowest BCUT2D eigenvalue weighted by atomic mass is 9.68. The van der Waals surface area contributed by atoms with Crippen molar-refractivity contribution in [2.45, 2.75) is 62.0 Å². The molecular formula is C16H27NOS2. The van der Waals surface area contributed by atoms with E-state index in [1.165, 1.54) is 12.8 Å². The van der Waals surface area contributed by atoms with E-state index in [1.54, 1.807) is 11.3 Å². The minimum Gasteiger partial charge on any atom is -0.316 e. The highest BCUT2D eigenvalue weighted by Crippen LogP contribution is 2.42. The Hall–Kier alpha value is -0.190. The minimum atomic E-state index is -0.870. The maximum atomic E-state index is 12.9. The number of thiophene rings is 1. The number of hydrogen-bond acceptors (Lipinski definition) is 3. The Balaban J connectivity index is 2.17. The molecule has 114 valence electrons. The molecule has 0 radical (unpaired) electrons. The van der Waals surface area contributed by atoms with E-state index in [0.29, 0.717) is 17.4 Å². The van der Waals surface area contributed by atoms with Crippen LogP contribution in [0.4, 0.5) is 0 Å². The third-order valence-electron chi connectivity index (χ3n) is 5.15. The summed E-state index contributed by atoms with van der Waals surface area (Å²) in [5, 5.41) is 5.68. The average molecular weight is 314 g/mol. The second-order valence-electron chi connectivity index (χ2n) is 6.52. The molecule has 2 rings (SSSR count).